The third kappa shape index (κ3) is 4.13. The van der Waals surface area contributed by atoms with E-state index >= 15 is 0 Å². The molecule has 37 heavy (non-hydrogen) atoms. The van der Waals surface area contributed by atoms with E-state index in [0.29, 0.717) is 44.8 Å². The number of benzene rings is 3. The number of aromatic amines is 1. The molecule has 0 aliphatic carbocycles. The highest BCUT2D eigenvalue weighted by molar-refractivity contribution is 6.31. The predicted octanol–water partition coefficient (Wildman–Crippen LogP) is 6.87. The molecule has 0 saturated heterocycles. The van der Waals surface area contributed by atoms with Gasteiger partial charge >= 0.3 is 0 Å². The molecule has 1 atom stereocenters. The highest BCUT2D eigenvalue weighted by Gasteiger charge is 2.43. The number of aromatic nitrogens is 2. The topological polar surface area (TPSA) is 91.6 Å². The van der Waals surface area contributed by atoms with Crippen LogP contribution in [0.5, 0.6) is 17.2 Å². The van der Waals surface area contributed by atoms with Crippen LogP contribution in [-0.2, 0) is 6.54 Å². The number of furan rings is 1. The van der Waals surface area contributed by atoms with Crippen molar-refractivity contribution in [3.8, 4) is 28.5 Å². The van der Waals surface area contributed by atoms with Gasteiger partial charge in [-0.1, -0.05) is 41.9 Å². The maximum atomic E-state index is 13.6. The number of aryl methyl sites for hydroxylation is 1. The Kier molecular flexibility index (Phi) is 5.70. The van der Waals surface area contributed by atoms with Gasteiger partial charge in [0.1, 0.15) is 34.4 Å². The molecular weight excluding hydrogens is 490 g/mol. The quantitative estimate of drug-likeness (QED) is 0.259. The van der Waals surface area contributed by atoms with E-state index in [9.17, 15) is 9.90 Å². The van der Waals surface area contributed by atoms with Crippen LogP contribution < -0.4 is 4.74 Å². The average molecular weight is 512 g/mol. The summed E-state index contributed by atoms with van der Waals surface area (Å²) in [6.07, 6.45) is 1.58. The molecule has 3 aromatic carbocycles. The van der Waals surface area contributed by atoms with Gasteiger partial charge in [-0.05, 0) is 66.6 Å². The van der Waals surface area contributed by atoms with Gasteiger partial charge in [0, 0.05) is 16.1 Å². The number of hydrogen-bond donors (Lipinski definition) is 2. The normalized spacial score (nSPS) is 14.7. The molecule has 0 bridgehead atoms. The van der Waals surface area contributed by atoms with E-state index < -0.39 is 6.04 Å². The summed E-state index contributed by atoms with van der Waals surface area (Å²) >= 11 is 6.40. The molecule has 2 N–H and O–H groups in total. The van der Waals surface area contributed by atoms with Crippen LogP contribution in [0.25, 0.3) is 11.3 Å². The van der Waals surface area contributed by atoms with Gasteiger partial charge in [-0.25, -0.2) is 0 Å². The van der Waals surface area contributed by atoms with Crippen molar-refractivity contribution in [3.63, 3.8) is 0 Å². The summed E-state index contributed by atoms with van der Waals surface area (Å²) < 4.78 is 11.6. The minimum Gasteiger partial charge on any atom is -0.507 e. The number of nitrogens with zero attached hydrogens (tertiary/aromatic N) is 2. The van der Waals surface area contributed by atoms with Gasteiger partial charge in [-0.15, -0.1) is 0 Å². The molecule has 8 heteroatoms. The van der Waals surface area contributed by atoms with E-state index in [2.05, 4.69) is 10.2 Å². The number of fused-ring (bicyclic) bond motifs is 1. The van der Waals surface area contributed by atoms with Crippen LogP contribution >= 0.6 is 11.6 Å². The number of H-pyrrole nitrogens is 1. The first-order chi connectivity index (χ1) is 18.0. The van der Waals surface area contributed by atoms with Gasteiger partial charge in [-0.3, -0.25) is 9.89 Å². The van der Waals surface area contributed by atoms with Crippen LogP contribution in [0.4, 0.5) is 0 Å². The number of hydrogen-bond acceptors (Lipinski definition) is 5. The Labute approximate surface area is 217 Å². The molecule has 1 unspecified atom stereocenters. The van der Waals surface area contributed by atoms with Crippen LogP contribution in [0.3, 0.4) is 0 Å². The molecule has 0 saturated carbocycles. The van der Waals surface area contributed by atoms with Crippen molar-refractivity contribution in [2.45, 2.75) is 19.5 Å². The Bertz CT molecular complexity index is 1600. The smallest absolute Gasteiger partial charge is 0.273 e. The fourth-order valence-corrected chi connectivity index (χ4v) is 4.87. The zero-order valence-corrected chi connectivity index (χ0v) is 20.6. The lowest BCUT2D eigenvalue weighted by Crippen LogP contribution is -2.29. The molecule has 1 aliphatic heterocycles. The lowest BCUT2D eigenvalue weighted by Gasteiger charge is -2.26. The minimum atomic E-state index is -0.514. The van der Waals surface area contributed by atoms with E-state index in [0.717, 1.165) is 11.1 Å². The van der Waals surface area contributed by atoms with Gasteiger partial charge in [0.25, 0.3) is 5.91 Å². The number of amides is 1. The fourth-order valence-electron chi connectivity index (χ4n) is 4.71. The summed E-state index contributed by atoms with van der Waals surface area (Å²) in [5, 5.41) is 18.6. The number of halogens is 1. The van der Waals surface area contributed by atoms with Gasteiger partial charge < -0.3 is 19.2 Å². The molecule has 0 spiro atoms. The van der Waals surface area contributed by atoms with Crippen molar-refractivity contribution >= 4 is 17.5 Å². The van der Waals surface area contributed by atoms with E-state index in [1.165, 1.54) is 0 Å². The van der Waals surface area contributed by atoms with Crippen LogP contribution in [0.2, 0.25) is 5.02 Å². The highest BCUT2D eigenvalue weighted by Crippen LogP contribution is 2.46. The first kappa shape index (κ1) is 22.9. The molecule has 3 heterocycles. The number of phenolic OH excluding ortho intramolecular Hbond substituents is 1. The van der Waals surface area contributed by atoms with Crippen LogP contribution in [0.15, 0.2) is 89.5 Å². The SMILES string of the molecule is Cc1cc(O)c(-c2n[nH]c3c2C(c2cccc(Oc4ccccc4)c2)N(Cc2ccco2)C3=O)cc1Cl. The van der Waals surface area contributed by atoms with E-state index in [1.807, 2.05) is 67.6 Å². The largest absolute Gasteiger partial charge is 0.507 e. The maximum absolute atomic E-state index is 13.6. The van der Waals surface area contributed by atoms with E-state index in [1.54, 1.807) is 29.4 Å². The summed E-state index contributed by atoms with van der Waals surface area (Å²) in [6, 6.07) is 23.5. The first-order valence-electron chi connectivity index (χ1n) is 11.7. The van der Waals surface area contributed by atoms with E-state index in [-0.39, 0.29) is 18.2 Å². The number of nitrogens with one attached hydrogen (secondary N) is 1. The molecule has 0 fully saturated rings. The molecule has 184 valence electrons. The molecule has 7 nitrogen and oxygen atoms in total. The second-order valence-corrected chi connectivity index (χ2v) is 9.29. The molecule has 0 radical (unpaired) electrons. The van der Waals surface area contributed by atoms with Crippen molar-refractivity contribution in [1.29, 1.82) is 0 Å². The van der Waals surface area contributed by atoms with Gasteiger partial charge in [0.15, 0.2) is 0 Å². The summed E-state index contributed by atoms with van der Waals surface area (Å²) in [5.41, 5.74) is 3.49. The average Bonchev–Trinajstić information content (AvgIpc) is 3.62. The number of aromatic hydroxyl groups is 1. The zero-order chi connectivity index (χ0) is 25.5. The maximum Gasteiger partial charge on any atom is 0.273 e. The van der Waals surface area contributed by atoms with E-state index in [4.69, 9.17) is 20.8 Å². The standard InChI is InChI=1S/C29H22ClN3O4/c1-17-13-24(34)22(15-23(17)30)26-25-27(32-31-26)29(35)33(16-21-11-6-12-36-21)28(25)18-7-5-10-20(14-18)37-19-8-3-2-4-9-19/h2-15,28,34H,16H2,1H3,(H,31,32). The lowest BCUT2D eigenvalue weighted by molar-refractivity contribution is 0.0717. The first-order valence-corrected chi connectivity index (χ1v) is 12.1. The number of para-hydroxylation sites is 1. The number of rotatable bonds is 6. The van der Waals surface area contributed by atoms with Crippen molar-refractivity contribution in [1.82, 2.24) is 15.1 Å². The predicted molar refractivity (Wildman–Crippen MR) is 139 cm³/mol. The van der Waals surface area contributed by atoms with Crippen LogP contribution in [0, 0.1) is 6.92 Å². The Hall–Kier alpha value is -4.49. The second kappa shape index (κ2) is 9.19. The lowest BCUT2D eigenvalue weighted by atomic mass is 9.95. The summed E-state index contributed by atoms with van der Waals surface area (Å²) in [7, 11) is 0. The van der Waals surface area contributed by atoms with Crippen LogP contribution in [-0.4, -0.2) is 26.1 Å². The van der Waals surface area contributed by atoms with Crippen molar-refractivity contribution < 1.29 is 19.1 Å². The third-order valence-electron chi connectivity index (χ3n) is 6.45. The van der Waals surface area contributed by atoms with Gasteiger partial charge in [0.2, 0.25) is 0 Å². The monoisotopic (exact) mass is 511 g/mol. The third-order valence-corrected chi connectivity index (χ3v) is 6.86. The fraction of sp³-hybridized carbons (Fsp3) is 0.103. The van der Waals surface area contributed by atoms with Crippen molar-refractivity contribution in [2.75, 3.05) is 0 Å². The molecule has 6 rings (SSSR count). The number of phenols is 1. The number of carbonyl (C=O) groups is 1. The zero-order valence-electron chi connectivity index (χ0n) is 19.8. The Morgan fingerprint density at radius 2 is 1.86 bits per heavy atom. The second-order valence-electron chi connectivity index (χ2n) is 8.88. The molecule has 1 aliphatic rings. The molecular formula is C29H22ClN3O4. The molecule has 2 aromatic heterocycles. The Morgan fingerprint density at radius 1 is 1.05 bits per heavy atom. The minimum absolute atomic E-state index is 0.0352. The Morgan fingerprint density at radius 3 is 2.65 bits per heavy atom. The number of ether oxygens (including phenoxy) is 1. The molecule has 1 amide bonds. The Balaban J connectivity index is 1.48. The van der Waals surface area contributed by atoms with Crippen molar-refractivity contribution in [3.05, 3.63) is 118 Å². The summed E-state index contributed by atoms with van der Waals surface area (Å²) in [4.78, 5) is 15.3. The van der Waals surface area contributed by atoms with Gasteiger partial charge in [-0.2, -0.15) is 5.10 Å². The van der Waals surface area contributed by atoms with Crippen LogP contribution in [0.1, 0.15) is 39.0 Å². The van der Waals surface area contributed by atoms with Gasteiger partial charge in [0.05, 0.1) is 18.8 Å². The van der Waals surface area contributed by atoms with Crippen molar-refractivity contribution in [2.24, 2.45) is 0 Å². The summed E-state index contributed by atoms with van der Waals surface area (Å²) in [5.74, 6) is 1.80. The summed E-state index contributed by atoms with van der Waals surface area (Å²) in [6.45, 7) is 2.07. The highest BCUT2D eigenvalue weighted by atomic mass is 35.5. The number of carbonyl (C=O) groups excluding carboxylic acids is 1. The molecule has 5 aromatic rings.